The minimum Gasteiger partial charge on any atom is -0.469 e. The van der Waals surface area contributed by atoms with Crippen molar-refractivity contribution in [2.24, 2.45) is 11.8 Å². The van der Waals surface area contributed by atoms with Crippen LogP contribution in [0.4, 0.5) is 8.78 Å². The van der Waals surface area contributed by atoms with Crippen LogP contribution >= 0.6 is 0 Å². The van der Waals surface area contributed by atoms with E-state index >= 15 is 0 Å². The van der Waals surface area contributed by atoms with Gasteiger partial charge in [-0.1, -0.05) is 0 Å². The molecule has 0 bridgehead atoms. The van der Waals surface area contributed by atoms with Crippen LogP contribution in [0.25, 0.3) is 0 Å². The van der Waals surface area contributed by atoms with Crippen LogP contribution < -0.4 is 0 Å². The molecule has 2 rings (SSSR count). The Morgan fingerprint density at radius 2 is 2.00 bits per heavy atom. The van der Waals surface area contributed by atoms with Gasteiger partial charge in [0.15, 0.2) is 0 Å². The molecule has 6 heteroatoms. The Balaban J connectivity index is 1.92. The summed E-state index contributed by atoms with van der Waals surface area (Å²) in [6.07, 6.45) is 0.986. The normalized spacial score (nSPS) is 30.2. The van der Waals surface area contributed by atoms with Crippen molar-refractivity contribution < 1.29 is 23.1 Å². The Morgan fingerprint density at radius 1 is 1.26 bits per heavy atom. The lowest BCUT2D eigenvalue weighted by Crippen LogP contribution is -2.39. The second-order valence-electron chi connectivity index (χ2n) is 5.44. The number of hydrogen-bond donors (Lipinski definition) is 0. The van der Waals surface area contributed by atoms with Crippen molar-refractivity contribution in [1.29, 1.82) is 0 Å². The number of carbonyl (C=O) groups is 2. The highest BCUT2D eigenvalue weighted by molar-refractivity contribution is 5.81. The molecular weight excluding hydrogens is 256 g/mol. The van der Waals surface area contributed by atoms with Crippen LogP contribution in [-0.2, 0) is 14.3 Å². The molecular formula is C13H19F2NO3. The van der Waals surface area contributed by atoms with Crippen LogP contribution in [0.5, 0.6) is 0 Å². The van der Waals surface area contributed by atoms with Gasteiger partial charge in [0.25, 0.3) is 0 Å². The SMILES string of the molecule is COC(=O)C1CCN(C(=O)C2CCCC(F)(F)C2)C1. The molecule has 1 aliphatic heterocycles. The standard InChI is InChI=1S/C13H19F2NO3/c1-19-12(18)10-4-6-16(8-10)11(17)9-3-2-5-13(14,15)7-9/h9-10H,2-8H2,1H3. The van der Waals surface area contributed by atoms with Crippen molar-refractivity contribution in [2.45, 2.75) is 38.0 Å². The van der Waals surface area contributed by atoms with E-state index < -0.39 is 11.8 Å². The number of ether oxygens (including phenoxy) is 1. The summed E-state index contributed by atoms with van der Waals surface area (Å²) in [5.41, 5.74) is 0. The fraction of sp³-hybridized carbons (Fsp3) is 0.846. The molecule has 0 N–H and O–H groups in total. The van der Waals surface area contributed by atoms with E-state index in [4.69, 9.17) is 0 Å². The monoisotopic (exact) mass is 275 g/mol. The van der Waals surface area contributed by atoms with Crippen molar-refractivity contribution in [3.8, 4) is 0 Å². The van der Waals surface area contributed by atoms with Gasteiger partial charge in [0, 0.05) is 31.8 Å². The fourth-order valence-corrected chi connectivity index (χ4v) is 2.96. The number of esters is 1. The van der Waals surface area contributed by atoms with E-state index in [0.29, 0.717) is 32.4 Å². The number of rotatable bonds is 2. The van der Waals surface area contributed by atoms with Gasteiger partial charge in [0.1, 0.15) is 0 Å². The van der Waals surface area contributed by atoms with Gasteiger partial charge < -0.3 is 9.64 Å². The first kappa shape index (κ1) is 14.2. The zero-order valence-corrected chi connectivity index (χ0v) is 11.0. The number of hydrogen-bond acceptors (Lipinski definition) is 3. The van der Waals surface area contributed by atoms with Crippen LogP contribution in [-0.4, -0.2) is 42.9 Å². The van der Waals surface area contributed by atoms with Gasteiger partial charge in [0.05, 0.1) is 13.0 Å². The Labute approximate surface area is 111 Å². The molecule has 1 heterocycles. The van der Waals surface area contributed by atoms with E-state index in [1.165, 1.54) is 12.0 Å². The van der Waals surface area contributed by atoms with Crippen molar-refractivity contribution in [2.75, 3.05) is 20.2 Å². The summed E-state index contributed by atoms with van der Waals surface area (Å²) < 4.78 is 31.3. The van der Waals surface area contributed by atoms with Gasteiger partial charge in [-0.05, 0) is 19.3 Å². The Hall–Kier alpha value is -1.20. The van der Waals surface area contributed by atoms with E-state index in [2.05, 4.69) is 4.74 Å². The third kappa shape index (κ3) is 3.22. The van der Waals surface area contributed by atoms with Crippen LogP contribution in [0.2, 0.25) is 0 Å². The van der Waals surface area contributed by atoms with Crippen LogP contribution in [0, 0.1) is 11.8 Å². The molecule has 2 fully saturated rings. The smallest absolute Gasteiger partial charge is 0.310 e. The summed E-state index contributed by atoms with van der Waals surface area (Å²) in [5.74, 6) is -4.19. The van der Waals surface area contributed by atoms with Gasteiger partial charge in [-0.15, -0.1) is 0 Å². The summed E-state index contributed by atoms with van der Waals surface area (Å²) in [6.45, 7) is 0.758. The van der Waals surface area contributed by atoms with Crippen molar-refractivity contribution in [1.82, 2.24) is 4.90 Å². The average molecular weight is 275 g/mol. The fourth-order valence-electron chi connectivity index (χ4n) is 2.96. The van der Waals surface area contributed by atoms with E-state index in [-0.39, 0.29) is 30.6 Å². The molecule has 2 unspecified atom stereocenters. The van der Waals surface area contributed by atoms with Crippen molar-refractivity contribution in [3.63, 3.8) is 0 Å². The number of nitrogens with zero attached hydrogens (tertiary/aromatic N) is 1. The molecule has 0 spiro atoms. The van der Waals surface area contributed by atoms with Crippen LogP contribution in [0.1, 0.15) is 32.1 Å². The first-order valence-corrected chi connectivity index (χ1v) is 6.67. The van der Waals surface area contributed by atoms with Crippen molar-refractivity contribution >= 4 is 11.9 Å². The molecule has 1 amide bonds. The molecule has 1 saturated carbocycles. The Bertz CT molecular complexity index is 373. The highest BCUT2D eigenvalue weighted by Gasteiger charge is 2.42. The lowest BCUT2D eigenvalue weighted by atomic mass is 9.85. The third-order valence-electron chi connectivity index (χ3n) is 4.02. The zero-order valence-electron chi connectivity index (χ0n) is 11.0. The second kappa shape index (κ2) is 5.43. The lowest BCUT2D eigenvalue weighted by Gasteiger charge is -2.30. The number of alkyl halides is 2. The third-order valence-corrected chi connectivity index (χ3v) is 4.02. The summed E-state index contributed by atoms with van der Waals surface area (Å²) >= 11 is 0. The maximum Gasteiger partial charge on any atom is 0.310 e. The predicted molar refractivity (Wildman–Crippen MR) is 63.6 cm³/mol. The van der Waals surface area contributed by atoms with E-state index in [0.717, 1.165) is 0 Å². The van der Waals surface area contributed by atoms with Gasteiger partial charge in [-0.25, -0.2) is 8.78 Å². The maximum absolute atomic E-state index is 13.3. The quantitative estimate of drug-likeness (QED) is 0.722. The molecule has 19 heavy (non-hydrogen) atoms. The highest BCUT2D eigenvalue weighted by atomic mass is 19.3. The molecule has 4 nitrogen and oxygen atoms in total. The molecule has 2 aliphatic rings. The predicted octanol–water partition coefficient (Wildman–Crippen LogP) is 1.83. The zero-order chi connectivity index (χ0) is 14.0. The molecule has 108 valence electrons. The summed E-state index contributed by atoms with van der Waals surface area (Å²) in [5, 5.41) is 0. The van der Waals surface area contributed by atoms with Gasteiger partial charge in [-0.3, -0.25) is 9.59 Å². The molecule has 0 aromatic heterocycles. The highest BCUT2D eigenvalue weighted by Crippen LogP contribution is 2.38. The molecule has 2 atom stereocenters. The largest absolute Gasteiger partial charge is 0.469 e. The second-order valence-corrected chi connectivity index (χ2v) is 5.44. The maximum atomic E-state index is 13.3. The molecule has 1 saturated heterocycles. The first-order valence-electron chi connectivity index (χ1n) is 6.67. The summed E-state index contributed by atoms with van der Waals surface area (Å²) in [6, 6.07) is 0. The van der Waals surface area contributed by atoms with Crippen LogP contribution in [0.3, 0.4) is 0 Å². The topological polar surface area (TPSA) is 46.6 Å². The van der Waals surface area contributed by atoms with Crippen LogP contribution in [0.15, 0.2) is 0 Å². The minimum absolute atomic E-state index is 0.123. The van der Waals surface area contributed by atoms with E-state index in [1.54, 1.807) is 0 Å². The molecule has 0 aromatic rings. The Morgan fingerprint density at radius 3 is 2.63 bits per heavy atom. The number of halogens is 2. The number of amides is 1. The van der Waals surface area contributed by atoms with Gasteiger partial charge in [-0.2, -0.15) is 0 Å². The number of methoxy groups -OCH3 is 1. The molecule has 0 radical (unpaired) electrons. The van der Waals surface area contributed by atoms with E-state index in [9.17, 15) is 18.4 Å². The Kier molecular flexibility index (Phi) is 4.06. The van der Waals surface area contributed by atoms with Gasteiger partial charge in [0.2, 0.25) is 11.8 Å². The molecule has 0 aromatic carbocycles. The van der Waals surface area contributed by atoms with E-state index in [1.807, 2.05) is 0 Å². The average Bonchev–Trinajstić information content (AvgIpc) is 2.85. The first-order chi connectivity index (χ1) is 8.93. The minimum atomic E-state index is -2.72. The lowest BCUT2D eigenvalue weighted by molar-refractivity contribution is -0.146. The summed E-state index contributed by atoms with van der Waals surface area (Å²) in [4.78, 5) is 25.1. The summed E-state index contributed by atoms with van der Waals surface area (Å²) in [7, 11) is 1.31. The number of likely N-dealkylation sites (tertiary alicyclic amines) is 1. The van der Waals surface area contributed by atoms with Gasteiger partial charge >= 0.3 is 5.97 Å². The molecule has 1 aliphatic carbocycles. The van der Waals surface area contributed by atoms with Crippen molar-refractivity contribution in [3.05, 3.63) is 0 Å². The number of carbonyl (C=O) groups excluding carboxylic acids is 2.